The molecule has 0 unspecified atom stereocenters. The van der Waals surface area contributed by atoms with Gasteiger partial charge in [-0.3, -0.25) is 14.7 Å². The average molecular weight is 267 g/mol. The lowest BCUT2D eigenvalue weighted by atomic mass is 10.3. The lowest BCUT2D eigenvalue weighted by Gasteiger charge is -2.13. The van der Waals surface area contributed by atoms with Crippen LogP contribution in [0.25, 0.3) is 0 Å². The molecule has 2 rings (SSSR count). The SMILES string of the molecule is Cl.O=c1[nH]c(CN2CCNC2)c(Cl)c(=O)[nH]1. The summed E-state index contributed by atoms with van der Waals surface area (Å²) in [5, 5.41) is 3.20. The van der Waals surface area contributed by atoms with Crippen LogP contribution in [0, 0.1) is 0 Å². The van der Waals surface area contributed by atoms with Crippen molar-refractivity contribution in [3.05, 3.63) is 31.6 Å². The smallest absolute Gasteiger partial charge is 0.308 e. The molecule has 1 fully saturated rings. The summed E-state index contributed by atoms with van der Waals surface area (Å²) >= 11 is 5.78. The zero-order valence-corrected chi connectivity index (χ0v) is 9.95. The molecular formula is C8H12Cl2N4O2. The highest BCUT2D eigenvalue weighted by atomic mass is 35.5. The van der Waals surface area contributed by atoms with Crippen LogP contribution in [0.3, 0.4) is 0 Å². The Kier molecular flexibility index (Phi) is 4.55. The van der Waals surface area contributed by atoms with Crippen molar-refractivity contribution in [3.8, 4) is 0 Å². The third kappa shape index (κ3) is 2.85. The Morgan fingerprint density at radius 1 is 1.31 bits per heavy atom. The van der Waals surface area contributed by atoms with Crippen LogP contribution in [0.5, 0.6) is 0 Å². The van der Waals surface area contributed by atoms with Gasteiger partial charge in [-0.1, -0.05) is 11.6 Å². The van der Waals surface area contributed by atoms with E-state index in [9.17, 15) is 9.59 Å². The van der Waals surface area contributed by atoms with E-state index in [-0.39, 0.29) is 17.4 Å². The fraction of sp³-hybridized carbons (Fsp3) is 0.500. The van der Waals surface area contributed by atoms with E-state index >= 15 is 0 Å². The van der Waals surface area contributed by atoms with Crippen LogP contribution in [-0.4, -0.2) is 34.6 Å². The normalized spacial score (nSPS) is 16.1. The minimum Gasteiger partial charge on any atom is -0.308 e. The quantitative estimate of drug-likeness (QED) is 0.675. The molecule has 0 spiro atoms. The van der Waals surface area contributed by atoms with Crippen LogP contribution in [0.15, 0.2) is 9.59 Å². The van der Waals surface area contributed by atoms with Gasteiger partial charge in [-0.15, -0.1) is 12.4 Å². The molecule has 0 aliphatic carbocycles. The first kappa shape index (κ1) is 13.2. The number of H-pyrrole nitrogens is 2. The molecule has 1 aromatic heterocycles. The number of aromatic amines is 2. The molecule has 1 aliphatic heterocycles. The summed E-state index contributed by atoms with van der Waals surface area (Å²) in [7, 11) is 0. The minimum absolute atomic E-state index is 0. The number of aromatic nitrogens is 2. The molecule has 0 aromatic carbocycles. The van der Waals surface area contributed by atoms with Gasteiger partial charge in [0.25, 0.3) is 5.56 Å². The summed E-state index contributed by atoms with van der Waals surface area (Å²) in [6.07, 6.45) is 0. The van der Waals surface area contributed by atoms with Crippen LogP contribution in [0.2, 0.25) is 5.02 Å². The molecule has 1 aliphatic rings. The van der Waals surface area contributed by atoms with E-state index in [1.165, 1.54) is 0 Å². The molecule has 6 nitrogen and oxygen atoms in total. The van der Waals surface area contributed by atoms with E-state index in [1.807, 2.05) is 0 Å². The van der Waals surface area contributed by atoms with Gasteiger partial charge in [0.05, 0.1) is 5.69 Å². The van der Waals surface area contributed by atoms with Crippen molar-refractivity contribution in [2.75, 3.05) is 19.8 Å². The van der Waals surface area contributed by atoms with Crippen molar-refractivity contribution in [1.82, 2.24) is 20.2 Å². The summed E-state index contributed by atoms with van der Waals surface area (Å²) in [4.78, 5) is 28.9. The van der Waals surface area contributed by atoms with E-state index < -0.39 is 11.2 Å². The molecule has 0 radical (unpaired) electrons. The first-order valence-electron chi connectivity index (χ1n) is 4.61. The summed E-state index contributed by atoms with van der Waals surface area (Å²) in [6, 6.07) is 0. The molecule has 16 heavy (non-hydrogen) atoms. The van der Waals surface area contributed by atoms with Crippen molar-refractivity contribution >= 4 is 24.0 Å². The lowest BCUT2D eigenvalue weighted by Crippen LogP contribution is -2.29. The predicted molar refractivity (Wildman–Crippen MR) is 63.2 cm³/mol. The fourth-order valence-corrected chi connectivity index (χ4v) is 1.69. The van der Waals surface area contributed by atoms with Gasteiger partial charge in [-0.25, -0.2) is 4.79 Å². The van der Waals surface area contributed by atoms with E-state index in [4.69, 9.17) is 11.6 Å². The highest BCUT2D eigenvalue weighted by Crippen LogP contribution is 2.08. The molecule has 3 N–H and O–H groups in total. The molecule has 1 aromatic rings. The number of nitrogens with one attached hydrogen (secondary N) is 3. The molecule has 0 saturated carbocycles. The lowest BCUT2D eigenvalue weighted by molar-refractivity contribution is 0.322. The summed E-state index contributed by atoms with van der Waals surface area (Å²) in [5.41, 5.74) is -0.594. The van der Waals surface area contributed by atoms with Crippen molar-refractivity contribution in [3.63, 3.8) is 0 Å². The Bertz CT molecular complexity index is 464. The Balaban J connectivity index is 0.00000128. The molecule has 2 heterocycles. The zero-order valence-electron chi connectivity index (χ0n) is 8.38. The topological polar surface area (TPSA) is 81.0 Å². The summed E-state index contributed by atoms with van der Waals surface area (Å²) < 4.78 is 0. The predicted octanol–water partition coefficient (Wildman–Crippen LogP) is -0.499. The van der Waals surface area contributed by atoms with Gasteiger partial charge in [-0.2, -0.15) is 0 Å². The monoisotopic (exact) mass is 266 g/mol. The molecule has 0 amide bonds. The molecular weight excluding hydrogens is 255 g/mol. The molecule has 0 atom stereocenters. The van der Waals surface area contributed by atoms with Gasteiger partial charge < -0.3 is 10.3 Å². The first-order chi connectivity index (χ1) is 7.16. The standard InChI is InChI=1S/C8H11ClN4O2.ClH/c9-6-5(3-13-2-1-10-4-13)11-8(15)12-7(6)14;/h10H,1-4H2,(H2,11,12,14,15);1H. The zero-order chi connectivity index (χ0) is 10.8. The number of rotatable bonds is 2. The van der Waals surface area contributed by atoms with Crippen molar-refractivity contribution in [2.45, 2.75) is 6.54 Å². The Hall–Kier alpha value is -0.820. The third-order valence-corrected chi connectivity index (χ3v) is 2.68. The summed E-state index contributed by atoms with van der Waals surface area (Å²) in [5.74, 6) is 0. The molecule has 0 bridgehead atoms. The Morgan fingerprint density at radius 2 is 2.06 bits per heavy atom. The molecule has 90 valence electrons. The highest BCUT2D eigenvalue weighted by molar-refractivity contribution is 6.30. The second-order valence-electron chi connectivity index (χ2n) is 3.41. The van der Waals surface area contributed by atoms with Crippen LogP contribution in [0.4, 0.5) is 0 Å². The van der Waals surface area contributed by atoms with E-state index in [2.05, 4.69) is 20.2 Å². The van der Waals surface area contributed by atoms with E-state index in [0.29, 0.717) is 12.2 Å². The average Bonchev–Trinajstić information content (AvgIpc) is 2.66. The van der Waals surface area contributed by atoms with E-state index in [1.54, 1.807) is 0 Å². The largest absolute Gasteiger partial charge is 0.326 e. The number of halogens is 2. The number of nitrogens with zero attached hydrogens (tertiary/aromatic N) is 1. The van der Waals surface area contributed by atoms with Crippen molar-refractivity contribution in [1.29, 1.82) is 0 Å². The van der Waals surface area contributed by atoms with Crippen molar-refractivity contribution in [2.24, 2.45) is 0 Å². The van der Waals surface area contributed by atoms with Crippen molar-refractivity contribution < 1.29 is 0 Å². The van der Waals surface area contributed by atoms with Crippen LogP contribution < -0.4 is 16.6 Å². The summed E-state index contributed by atoms with van der Waals surface area (Å²) in [6.45, 7) is 3.01. The first-order valence-corrected chi connectivity index (χ1v) is 4.98. The van der Waals surface area contributed by atoms with Gasteiger partial charge in [0.15, 0.2) is 0 Å². The maximum Gasteiger partial charge on any atom is 0.326 e. The van der Waals surface area contributed by atoms with Gasteiger partial charge in [0.1, 0.15) is 5.02 Å². The minimum atomic E-state index is -0.539. The fourth-order valence-electron chi connectivity index (χ4n) is 1.54. The molecule has 1 saturated heterocycles. The maximum absolute atomic E-state index is 11.2. The highest BCUT2D eigenvalue weighted by Gasteiger charge is 2.14. The van der Waals surface area contributed by atoms with Gasteiger partial charge in [0.2, 0.25) is 0 Å². The second-order valence-corrected chi connectivity index (χ2v) is 3.79. The second kappa shape index (κ2) is 5.49. The van der Waals surface area contributed by atoms with Gasteiger partial charge in [0, 0.05) is 26.3 Å². The third-order valence-electron chi connectivity index (χ3n) is 2.28. The number of hydrogen-bond acceptors (Lipinski definition) is 4. The van der Waals surface area contributed by atoms with Crippen LogP contribution in [0.1, 0.15) is 5.69 Å². The van der Waals surface area contributed by atoms with Crippen LogP contribution in [-0.2, 0) is 6.54 Å². The Morgan fingerprint density at radius 3 is 2.69 bits per heavy atom. The van der Waals surface area contributed by atoms with Crippen LogP contribution >= 0.6 is 24.0 Å². The maximum atomic E-state index is 11.2. The van der Waals surface area contributed by atoms with Gasteiger partial charge in [-0.05, 0) is 0 Å². The Labute approximate surface area is 102 Å². The molecule has 8 heteroatoms. The van der Waals surface area contributed by atoms with E-state index in [0.717, 1.165) is 19.8 Å². The van der Waals surface area contributed by atoms with Gasteiger partial charge >= 0.3 is 5.69 Å². The number of hydrogen-bond donors (Lipinski definition) is 3.